The molecule has 0 bridgehead atoms. The van der Waals surface area contributed by atoms with Crippen LogP contribution in [0.1, 0.15) is 0 Å². The molecule has 0 atom stereocenters. The molecule has 4 heteroatoms. The lowest BCUT2D eigenvalue weighted by atomic mass is 11.6. The normalized spacial score (nSPS) is 6.67. The Morgan fingerprint density at radius 1 is 1.17 bits per heavy atom. The van der Waals surface area contributed by atoms with Crippen LogP contribution in [0.25, 0.3) is 0 Å². The zero-order valence-electron chi connectivity index (χ0n) is 2.83. The minimum absolute atomic E-state index is 2.00. The average Bonchev–Trinajstić information content (AvgIpc) is 1.41. The Balaban J connectivity index is 0. The molecule has 0 aliphatic heterocycles. The maximum Gasteiger partial charge on any atom is 0.379 e. The molecule has 0 heterocycles. The minimum Gasteiger partial charge on any atom is -0.307 e. The predicted octanol–water partition coefficient (Wildman–Crippen LogP) is 0.994. The average molecular weight is 100 g/mol. The van der Waals surface area contributed by atoms with E-state index >= 15 is 0 Å². The van der Waals surface area contributed by atoms with E-state index in [2.05, 4.69) is 0 Å². The maximum atomic E-state index is 9.67. The van der Waals surface area contributed by atoms with Crippen molar-refractivity contribution in [3.05, 3.63) is 0 Å². The first kappa shape index (κ1) is 9.07. The number of carbonyl (C=O) groups is 1. The van der Waals surface area contributed by atoms with E-state index in [-0.39, 0.29) is 0 Å². The van der Waals surface area contributed by atoms with Gasteiger partial charge in [0.25, 0.3) is 0 Å². The van der Waals surface area contributed by atoms with Gasteiger partial charge in [-0.2, -0.15) is 13.2 Å². The SMILES string of the molecule is C=O.FC(F)F. The Hall–Kier alpha value is -0.540. The van der Waals surface area contributed by atoms with Gasteiger partial charge in [-0.15, -0.1) is 0 Å². The summed E-state index contributed by atoms with van der Waals surface area (Å²) in [5.74, 6) is 0. The second kappa shape index (κ2) is 8.82. The summed E-state index contributed by atoms with van der Waals surface area (Å²) in [6, 6.07) is 0. The Labute approximate surface area is 32.8 Å². The van der Waals surface area contributed by atoms with Crippen LogP contribution in [0.5, 0.6) is 0 Å². The third kappa shape index (κ3) is 71.8. The second-order valence-corrected chi connectivity index (χ2v) is 0.247. The molecule has 0 N–H and O–H groups in total. The van der Waals surface area contributed by atoms with Gasteiger partial charge >= 0.3 is 6.68 Å². The standard InChI is InChI=1S/CHF3.CH2O/c2-1(3)4;1-2/h1H;1H2. The number of halogens is 3. The van der Waals surface area contributed by atoms with E-state index < -0.39 is 6.68 Å². The Bertz CT molecular complexity index is 20.0. The molecule has 0 aromatic rings. The van der Waals surface area contributed by atoms with Crippen LogP contribution in [0.2, 0.25) is 0 Å². The highest BCUT2D eigenvalue weighted by Gasteiger charge is 1.86. The van der Waals surface area contributed by atoms with Crippen LogP contribution in [0.4, 0.5) is 13.2 Å². The first-order valence-corrected chi connectivity index (χ1v) is 0.943. The van der Waals surface area contributed by atoms with Crippen LogP contribution in [0.15, 0.2) is 0 Å². The van der Waals surface area contributed by atoms with Gasteiger partial charge in [-0.05, 0) is 0 Å². The Morgan fingerprint density at radius 2 is 1.17 bits per heavy atom. The summed E-state index contributed by atoms with van der Waals surface area (Å²) in [7, 11) is 0. The van der Waals surface area contributed by atoms with Crippen molar-refractivity contribution in [2.45, 2.75) is 6.68 Å². The molecule has 0 aliphatic rings. The fourth-order valence-electron chi connectivity index (χ4n) is 0. The van der Waals surface area contributed by atoms with Crippen molar-refractivity contribution < 1.29 is 18.0 Å². The lowest BCUT2D eigenvalue weighted by Crippen LogP contribution is -1.65. The van der Waals surface area contributed by atoms with Gasteiger partial charge in [0.05, 0.1) is 0 Å². The molecule has 6 heavy (non-hydrogen) atoms. The zero-order valence-corrected chi connectivity index (χ0v) is 2.83. The van der Waals surface area contributed by atoms with Crippen molar-refractivity contribution in [2.24, 2.45) is 0 Å². The van der Waals surface area contributed by atoms with Gasteiger partial charge in [-0.1, -0.05) is 0 Å². The summed E-state index contributed by atoms with van der Waals surface area (Å²) in [6.45, 7) is -1.67. The van der Waals surface area contributed by atoms with Crippen molar-refractivity contribution in [2.75, 3.05) is 0 Å². The maximum absolute atomic E-state index is 9.67. The molecule has 0 saturated heterocycles. The minimum atomic E-state index is -3.67. The first-order valence-electron chi connectivity index (χ1n) is 0.943. The smallest absolute Gasteiger partial charge is 0.307 e. The highest BCUT2D eigenvalue weighted by atomic mass is 19.4. The van der Waals surface area contributed by atoms with Gasteiger partial charge in [0.15, 0.2) is 0 Å². The van der Waals surface area contributed by atoms with Crippen LogP contribution < -0.4 is 0 Å². The fourth-order valence-corrected chi connectivity index (χ4v) is 0. The second-order valence-electron chi connectivity index (χ2n) is 0.247. The summed E-state index contributed by atoms with van der Waals surface area (Å²) in [5.41, 5.74) is 0. The summed E-state index contributed by atoms with van der Waals surface area (Å²) >= 11 is 0. The summed E-state index contributed by atoms with van der Waals surface area (Å²) < 4.78 is 29.0. The van der Waals surface area contributed by atoms with Crippen LogP contribution in [-0.4, -0.2) is 13.5 Å². The molecule has 0 aromatic carbocycles. The lowest BCUT2D eigenvalue weighted by molar-refractivity contribution is -0.0980. The monoisotopic (exact) mass is 100 g/mol. The Morgan fingerprint density at radius 3 is 1.17 bits per heavy atom. The number of hydrogen-bond donors (Lipinski definition) is 0. The highest BCUT2D eigenvalue weighted by molar-refractivity contribution is 5.10. The van der Waals surface area contributed by atoms with Crippen molar-refractivity contribution in [3.63, 3.8) is 0 Å². The molecule has 0 saturated carbocycles. The zero-order chi connectivity index (χ0) is 5.58. The van der Waals surface area contributed by atoms with Crippen LogP contribution in [-0.2, 0) is 4.79 Å². The van der Waals surface area contributed by atoms with Gasteiger partial charge in [-0.25, -0.2) is 0 Å². The van der Waals surface area contributed by atoms with Crippen LogP contribution in [0.3, 0.4) is 0 Å². The number of hydrogen-bond acceptors (Lipinski definition) is 1. The third-order valence-corrected chi connectivity index (χ3v) is 0. The third-order valence-electron chi connectivity index (χ3n) is 0. The van der Waals surface area contributed by atoms with E-state index in [9.17, 15) is 13.2 Å². The molecule has 0 aliphatic carbocycles. The molecule has 0 aromatic heterocycles. The Kier molecular flexibility index (Phi) is 13.3. The van der Waals surface area contributed by atoms with Crippen molar-refractivity contribution in [1.82, 2.24) is 0 Å². The molecule has 0 radical (unpaired) electrons. The van der Waals surface area contributed by atoms with Gasteiger partial charge < -0.3 is 4.79 Å². The van der Waals surface area contributed by atoms with Crippen molar-refractivity contribution in [3.8, 4) is 0 Å². The predicted molar refractivity (Wildman–Crippen MR) is 14.2 cm³/mol. The van der Waals surface area contributed by atoms with E-state index in [1.54, 1.807) is 0 Å². The number of alkyl halides is 3. The van der Waals surface area contributed by atoms with Gasteiger partial charge in [0.1, 0.15) is 6.79 Å². The molecular formula is C2H3F3O. The molecule has 38 valence electrons. The van der Waals surface area contributed by atoms with Crippen LogP contribution >= 0.6 is 0 Å². The number of carbonyl (C=O) groups excluding carboxylic acids is 1. The quantitative estimate of drug-likeness (QED) is 0.443. The van der Waals surface area contributed by atoms with E-state index in [0.717, 1.165) is 0 Å². The highest BCUT2D eigenvalue weighted by Crippen LogP contribution is 1.87. The van der Waals surface area contributed by atoms with E-state index in [1.165, 1.54) is 0 Å². The molecule has 0 fully saturated rings. The first-order chi connectivity index (χ1) is 2.73. The van der Waals surface area contributed by atoms with E-state index in [4.69, 9.17) is 4.79 Å². The van der Waals surface area contributed by atoms with E-state index in [1.807, 2.05) is 6.79 Å². The topological polar surface area (TPSA) is 17.1 Å². The largest absolute Gasteiger partial charge is 0.379 e. The summed E-state index contributed by atoms with van der Waals surface area (Å²) in [5, 5.41) is 0. The fraction of sp³-hybridized carbons (Fsp3) is 0.500. The van der Waals surface area contributed by atoms with E-state index in [0.29, 0.717) is 0 Å². The van der Waals surface area contributed by atoms with Crippen LogP contribution in [0, 0.1) is 0 Å². The van der Waals surface area contributed by atoms with Gasteiger partial charge in [0.2, 0.25) is 0 Å². The molecule has 0 rings (SSSR count). The molecule has 0 spiro atoms. The number of rotatable bonds is 0. The van der Waals surface area contributed by atoms with Gasteiger partial charge in [0, 0.05) is 0 Å². The van der Waals surface area contributed by atoms with Gasteiger partial charge in [-0.3, -0.25) is 0 Å². The molecular weight excluding hydrogens is 97.0 g/mol. The van der Waals surface area contributed by atoms with Crippen molar-refractivity contribution >= 4 is 6.79 Å². The summed E-state index contributed by atoms with van der Waals surface area (Å²) in [6.07, 6.45) is 0. The summed E-state index contributed by atoms with van der Waals surface area (Å²) in [4.78, 5) is 8.00. The molecule has 0 unspecified atom stereocenters. The molecule has 1 nitrogen and oxygen atoms in total. The molecule has 0 amide bonds. The lowest BCUT2D eigenvalue weighted by Gasteiger charge is -1.65. The van der Waals surface area contributed by atoms with Crippen molar-refractivity contribution in [1.29, 1.82) is 0 Å².